The van der Waals surface area contributed by atoms with Crippen LogP contribution in [0.15, 0.2) is 49.1 Å². The largest absolute Gasteiger partial charge is 0.103 e. The summed E-state index contributed by atoms with van der Waals surface area (Å²) in [6, 6.07) is 8.56. The van der Waals surface area contributed by atoms with E-state index in [1.165, 1.54) is 17.5 Å². The molecule has 0 aliphatic carbocycles. The van der Waals surface area contributed by atoms with Gasteiger partial charge < -0.3 is 0 Å². The van der Waals surface area contributed by atoms with E-state index in [0.717, 1.165) is 19.3 Å². The number of benzene rings is 1. The summed E-state index contributed by atoms with van der Waals surface area (Å²) in [4.78, 5) is 0. The first-order chi connectivity index (χ1) is 7.34. The van der Waals surface area contributed by atoms with Crippen LogP contribution in [0.1, 0.15) is 30.4 Å². The van der Waals surface area contributed by atoms with Crippen molar-refractivity contribution in [3.63, 3.8) is 0 Å². The molecule has 0 aliphatic rings. The first-order valence-electron chi connectivity index (χ1n) is 5.65. The second-order valence-corrected chi connectivity index (χ2v) is 3.82. The summed E-state index contributed by atoms with van der Waals surface area (Å²) in [7, 11) is 0. The highest BCUT2D eigenvalue weighted by atomic mass is 14.0. The third-order valence-electron chi connectivity index (χ3n) is 2.54. The number of allylic oxidation sites excluding steroid dienone is 3. The molecule has 0 aliphatic heterocycles. The number of hydrogen-bond acceptors (Lipinski definition) is 0. The van der Waals surface area contributed by atoms with Gasteiger partial charge in [-0.3, -0.25) is 0 Å². The van der Waals surface area contributed by atoms with E-state index in [1.807, 2.05) is 6.08 Å². The Bertz CT molecular complexity index is 321. The minimum absolute atomic E-state index is 1.06. The SMILES string of the molecule is C=CCCC/C=C/Cc1ccccc1C. The lowest BCUT2D eigenvalue weighted by molar-refractivity contribution is 0.867. The van der Waals surface area contributed by atoms with Crippen molar-refractivity contribution in [1.29, 1.82) is 0 Å². The van der Waals surface area contributed by atoms with E-state index in [9.17, 15) is 0 Å². The molecule has 0 atom stereocenters. The average molecular weight is 200 g/mol. The van der Waals surface area contributed by atoms with Crippen LogP contribution in [0.3, 0.4) is 0 Å². The monoisotopic (exact) mass is 200 g/mol. The molecular weight excluding hydrogens is 180 g/mol. The molecule has 0 N–H and O–H groups in total. The van der Waals surface area contributed by atoms with Crippen molar-refractivity contribution < 1.29 is 0 Å². The third-order valence-corrected chi connectivity index (χ3v) is 2.54. The van der Waals surface area contributed by atoms with Crippen LogP contribution in [0.2, 0.25) is 0 Å². The quantitative estimate of drug-likeness (QED) is 0.470. The molecule has 0 heterocycles. The molecule has 0 heteroatoms. The molecule has 0 spiro atoms. The van der Waals surface area contributed by atoms with Crippen molar-refractivity contribution in [2.75, 3.05) is 0 Å². The van der Waals surface area contributed by atoms with Crippen molar-refractivity contribution in [2.45, 2.75) is 32.6 Å². The lowest BCUT2D eigenvalue weighted by atomic mass is 10.1. The zero-order valence-corrected chi connectivity index (χ0v) is 9.58. The predicted octanol–water partition coefficient (Wildman–Crippen LogP) is 4.45. The van der Waals surface area contributed by atoms with E-state index >= 15 is 0 Å². The number of aryl methyl sites for hydroxylation is 1. The fourth-order valence-corrected chi connectivity index (χ4v) is 1.55. The van der Waals surface area contributed by atoms with E-state index in [4.69, 9.17) is 0 Å². The van der Waals surface area contributed by atoms with Crippen LogP contribution in [0, 0.1) is 6.92 Å². The molecule has 1 aromatic carbocycles. The van der Waals surface area contributed by atoms with Crippen molar-refractivity contribution in [3.05, 3.63) is 60.2 Å². The van der Waals surface area contributed by atoms with Gasteiger partial charge in [0.25, 0.3) is 0 Å². The summed E-state index contributed by atoms with van der Waals surface area (Å²) in [5.74, 6) is 0. The van der Waals surface area contributed by atoms with Gasteiger partial charge in [0.2, 0.25) is 0 Å². The Hall–Kier alpha value is -1.30. The van der Waals surface area contributed by atoms with Crippen LogP contribution in [-0.4, -0.2) is 0 Å². The van der Waals surface area contributed by atoms with Crippen LogP contribution in [-0.2, 0) is 6.42 Å². The van der Waals surface area contributed by atoms with Crippen LogP contribution >= 0.6 is 0 Å². The average Bonchev–Trinajstić information content (AvgIpc) is 2.25. The molecule has 80 valence electrons. The molecule has 0 radical (unpaired) electrons. The van der Waals surface area contributed by atoms with Gasteiger partial charge in [-0.25, -0.2) is 0 Å². The van der Waals surface area contributed by atoms with E-state index in [-0.39, 0.29) is 0 Å². The fraction of sp³-hybridized carbons (Fsp3) is 0.333. The lowest BCUT2D eigenvalue weighted by Gasteiger charge is -2.00. The highest BCUT2D eigenvalue weighted by Gasteiger charge is 1.92. The second kappa shape index (κ2) is 7.05. The van der Waals surface area contributed by atoms with Crippen molar-refractivity contribution in [1.82, 2.24) is 0 Å². The van der Waals surface area contributed by atoms with Gasteiger partial charge in [-0.1, -0.05) is 42.5 Å². The Balaban J connectivity index is 2.30. The Labute approximate surface area is 93.3 Å². The van der Waals surface area contributed by atoms with E-state index in [0.29, 0.717) is 0 Å². The van der Waals surface area contributed by atoms with Gasteiger partial charge in [-0.15, -0.1) is 6.58 Å². The van der Waals surface area contributed by atoms with E-state index in [2.05, 4.69) is 49.9 Å². The molecule has 0 nitrogen and oxygen atoms in total. The zero-order valence-electron chi connectivity index (χ0n) is 9.58. The fourth-order valence-electron chi connectivity index (χ4n) is 1.55. The Kier molecular flexibility index (Phi) is 5.54. The van der Waals surface area contributed by atoms with Crippen LogP contribution in [0.4, 0.5) is 0 Å². The standard InChI is InChI=1S/C15H20/c1-3-4-5-6-7-8-12-15-13-10-9-11-14(15)2/h3,7-11,13H,1,4-6,12H2,2H3/b8-7+. The number of rotatable bonds is 6. The third kappa shape index (κ3) is 4.64. The van der Waals surface area contributed by atoms with Gasteiger partial charge in [0.1, 0.15) is 0 Å². The number of hydrogen-bond donors (Lipinski definition) is 0. The molecule has 0 amide bonds. The molecule has 0 bridgehead atoms. The molecular formula is C15H20. The molecule has 0 unspecified atom stereocenters. The van der Waals surface area contributed by atoms with Gasteiger partial charge in [0.05, 0.1) is 0 Å². The van der Waals surface area contributed by atoms with Crippen molar-refractivity contribution >= 4 is 0 Å². The summed E-state index contributed by atoms with van der Waals surface area (Å²) in [6.45, 7) is 5.88. The second-order valence-electron chi connectivity index (χ2n) is 3.82. The molecule has 1 rings (SSSR count). The molecule has 0 saturated heterocycles. The number of unbranched alkanes of at least 4 members (excludes halogenated alkanes) is 2. The van der Waals surface area contributed by atoms with Crippen LogP contribution < -0.4 is 0 Å². The van der Waals surface area contributed by atoms with Crippen LogP contribution in [0.25, 0.3) is 0 Å². The minimum atomic E-state index is 1.06. The molecule has 1 aromatic rings. The smallest absolute Gasteiger partial charge is 0.00948 e. The first kappa shape index (κ1) is 11.8. The zero-order chi connectivity index (χ0) is 10.9. The van der Waals surface area contributed by atoms with E-state index in [1.54, 1.807) is 0 Å². The summed E-state index contributed by atoms with van der Waals surface area (Å²) in [6.07, 6.45) is 11.1. The van der Waals surface area contributed by atoms with E-state index < -0.39 is 0 Å². The lowest BCUT2D eigenvalue weighted by Crippen LogP contribution is -1.85. The van der Waals surface area contributed by atoms with Gasteiger partial charge in [0, 0.05) is 0 Å². The molecule has 0 aromatic heterocycles. The summed E-state index contributed by atoms with van der Waals surface area (Å²) >= 11 is 0. The Morgan fingerprint density at radius 2 is 1.93 bits per heavy atom. The maximum Gasteiger partial charge on any atom is -0.00948 e. The Morgan fingerprint density at radius 1 is 1.13 bits per heavy atom. The molecule has 15 heavy (non-hydrogen) atoms. The van der Waals surface area contributed by atoms with Crippen LogP contribution in [0.5, 0.6) is 0 Å². The van der Waals surface area contributed by atoms with Gasteiger partial charge in [0.15, 0.2) is 0 Å². The van der Waals surface area contributed by atoms with Gasteiger partial charge >= 0.3 is 0 Å². The predicted molar refractivity (Wildman–Crippen MR) is 68.1 cm³/mol. The topological polar surface area (TPSA) is 0 Å². The summed E-state index contributed by atoms with van der Waals surface area (Å²) in [5.41, 5.74) is 2.81. The first-order valence-corrected chi connectivity index (χ1v) is 5.65. The molecule has 0 fully saturated rings. The normalized spacial score (nSPS) is 10.7. The molecule has 0 saturated carbocycles. The maximum absolute atomic E-state index is 3.71. The minimum Gasteiger partial charge on any atom is -0.103 e. The van der Waals surface area contributed by atoms with Gasteiger partial charge in [-0.05, 0) is 43.7 Å². The summed E-state index contributed by atoms with van der Waals surface area (Å²) in [5, 5.41) is 0. The van der Waals surface area contributed by atoms with Crippen molar-refractivity contribution in [2.24, 2.45) is 0 Å². The highest BCUT2D eigenvalue weighted by molar-refractivity contribution is 5.27. The van der Waals surface area contributed by atoms with Crippen molar-refractivity contribution in [3.8, 4) is 0 Å². The highest BCUT2D eigenvalue weighted by Crippen LogP contribution is 2.08. The Morgan fingerprint density at radius 3 is 2.67 bits per heavy atom. The summed E-state index contributed by atoms with van der Waals surface area (Å²) < 4.78 is 0. The van der Waals surface area contributed by atoms with Gasteiger partial charge in [-0.2, -0.15) is 0 Å². The maximum atomic E-state index is 3.71.